The van der Waals surface area contributed by atoms with Crippen LogP contribution < -0.4 is 11.1 Å². The number of hydrogen-bond donors (Lipinski definition) is 2. The van der Waals surface area contributed by atoms with Crippen LogP contribution in [0, 0.1) is 11.8 Å². The molecule has 0 aliphatic carbocycles. The van der Waals surface area contributed by atoms with Gasteiger partial charge >= 0.3 is 0 Å². The van der Waals surface area contributed by atoms with E-state index in [2.05, 4.69) is 53.3 Å². The van der Waals surface area contributed by atoms with Gasteiger partial charge in [-0.05, 0) is 23.9 Å². The molecule has 2 heterocycles. The van der Waals surface area contributed by atoms with E-state index in [1.807, 2.05) is 11.4 Å². The number of carbonyl (C=O) groups is 1. The van der Waals surface area contributed by atoms with Crippen LogP contribution in [-0.4, -0.2) is 41.5 Å². The first-order valence-electron chi connectivity index (χ1n) is 9.28. The Balaban J connectivity index is 0.00000196. The fraction of sp³-hybridized carbons (Fsp3) is 0.500. The van der Waals surface area contributed by atoms with Crippen LogP contribution in [0.5, 0.6) is 0 Å². The van der Waals surface area contributed by atoms with Crippen molar-refractivity contribution in [3.63, 3.8) is 0 Å². The van der Waals surface area contributed by atoms with Gasteiger partial charge in [0.05, 0.1) is 5.01 Å². The summed E-state index contributed by atoms with van der Waals surface area (Å²) >= 11 is 1.51. The second-order valence-electron chi connectivity index (χ2n) is 7.30. The number of carbonyl (C=O) groups excluding carboxylic acids is 1. The van der Waals surface area contributed by atoms with E-state index in [9.17, 15) is 4.79 Å². The summed E-state index contributed by atoms with van der Waals surface area (Å²) in [5.74, 6) is 0.729. The van der Waals surface area contributed by atoms with E-state index in [1.165, 1.54) is 16.9 Å². The molecule has 0 radical (unpaired) electrons. The summed E-state index contributed by atoms with van der Waals surface area (Å²) in [6, 6.07) is 10.7. The molecule has 1 amide bonds. The Bertz CT molecular complexity index is 716. The molecule has 156 valence electrons. The number of amides is 1. The van der Waals surface area contributed by atoms with Gasteiger partial charge in [0.2, 0.25) is 0 Å². The molecular weight excluding hydrogens is 415 g/mol. The molecule has 3 rings (SSSR count). The van der Waals surface area contributed by atoms with Gasteiger partial charge < -0.3 is 11.1 Å². The lowest BCUT2D eigenvalue weighted by molar-refractivity contribution is 0.0729. The molecular formula is C20H30Cl2N4OS. The SMILES string of the molecule is CC1CN(Cc2ccccc2)CC(C)C1NC(=O)c1csc(CCN)n1.Cl.Cl. The molecule has 28 heavy (non-hydrogen) atoms. The van der Waals surface area contributed by atoms with E-state index >= 15 is 0 Å². The van der Waals surface area contributed by atoms with Gasteiger partial charge in [0, 0.05) is 37.5 Å². The maximum Gasteiger partial charge on any atom is 0.270 e. The maximum atomic E-state index is 12.6. The van der Waals surface area contributed by atoms with Crippen molar-refractivity contribution < 1.29 is 4.79 Å². The van der Waals surface area contributed by atoms with Crippen molar-refractivity contribution in [3.05, 3.63) is 52.0 Å². The Morgan fingerprint density at radius 2 is 1.86 bits per heavy atom. The van der Waals surface area contributed by atoms with E-state index in [0.717, 1.165) is 31.1 Å². The summed E-state index contributed by atoms with van der Waals surface area (Å²) in [6.07, 6.45) is 0.725. The molecule has 8 heteroatoms. The van der Waals surface area contributed by atoms with Gasteiger partial charge in [0.15, 0.2) is 0 Å². The van der Waals surface area contributed by atoms with Gasteiger partial charge in [-0.1, -0.05) is 44.2 Å². The highest BCUT2D eigenvalue weighted by molar-refractivity contribution is 7.09. The Kier molecular flexibility index (Phi) is 10.4. The van der Waals surface area contributed by atoms with Crippen LogP contribution in [-0.2, 0) is 13.0 Å². The van der Waals surface area contributed by atoms with Gasteiger partial charge in [0.1, 0.15) is 5.69 Å². The molecule has 1 saturated heterocycles. The second-order valence-corrected chi connectivity index (χ2v) is 8.24. The number of hydrogen-bond acceptors (Lipinski definition) is 5. The smallest absolute Gasteiger partial charge is 0.270 e. The molecule has 1 aromatic heterocycles. The quantitative estimate of drug-likeness (QED) is 0.715. The van der Waals surface area contributed by atoms with Crippen LogP contribution in [0.1, 0.15) is 34.9 Å². The fourth-order valence-electron chi connectivity index (χ4n) is 3.81. The number of nitrogens with zero attached hydrogens (tertiary/aromatic N) is 2. The highest BCUT2D eigenvalue weighted by atomic mass is 35.5. The predicted octanol–water partition coefficient (Wildman–Crippen LogP) is 3.37. The molecule has 1 aliphatic rings. The average molecular weight is 445 g/mol. The number of nitrogens with one attached hydrogen (secondary N) is 1. The molecule has 1 fully saturated rings. The van der Waals surface area contributed by atoms with Crippen molar-refractivity contribution in [2.24, 2.45) is 17.6 Å². The molecule has 0 spiro atoms. The molecule has 1 aromatic carbocycles. The van der Waals surface area contributed by atoms with E-state index in [0.29, 0.717) is 24.1 Å². The topological polar surface area (TPSA) is 71.2 Å². The average Bonchev–Trinajstić information content (AvgIpc) is 3.08. The predicted molar refractivity (Wildman–Crippen MR) is 121 cm³/mol. The normalized spacial score (nSPS) is 22.0. The van der Waals surface area contributed by atoms with E-state index in [-0.39, 0.29) is 36.8 Å². The van der Waals surface area contributed by atoms with E-state index in [4.69, 9.17) is 5.73 Å². The summed E-state index contributed by atoms with van der Waals surface area (Å²) in [6.45, 7) is 7.94. The number of piperidine rings is 1. The van der Waals surface area contributed by atoms with Crippen molar-refractivity contribution in [2.45, 2.75) is 32.9 Å². The van der Waals surface area contributed by atoms with Crippen LogP contribution in [0.15, 0.2) is 35.7 Å². The number of halogens is 2. The standard InChI is InChI=1S/C20H28N4OS.2ClH/c1-14-10-24(12-16-6-4-3-5-7-16)11-15(2)19(14)23-20(25)17-13-26-18(22-17)8-9-21;;/h3-7,13-15,19H,8-12,21H2,1-2H3,(H,23,25);2*1H. The van der Waals surface area contributed by atoms with Gasteiger partial charge in [-0.2, -0.15) is 0 Å². The van der Waals surface area contributed by atoms with Crippen LogP contribution >= 0.6 is 36.2 Å². The zero-order valence-electron chi connectivity index (χ0n) is 16.3. The van der Waals surface area contributed by atoms with Crippen LogP contribution in [0.25, 0.3) is 0 Å². The largest absolute Gasteiger partial charge is 0.347 e. The molecule has 5 nitrogen and oxygen atoms in total. The Labute approximate surface area is 183 Å². The van der Waals surface area contributed by atoms with Crippen LogP contribution in [0.3, 0.4) is 0 Å². The molecule has 0 bridgehead atoms. The van der Waals surface area contributed by atoms with Gasteiger partial charge in [0.25, 0.3) is 5.91 Å². The highest BCUT2D eigenvalue weighted by Crippen LogP contribution is 2.24. The third-order valence-electron chi connectivity index (χ3n) is 5.01. The number of thiazole rings is 1. The van der Waals surface area contributed by atoms with Crippen molar-refractivity contribution in [2.75, 3.05) is 19.6 Å². The molecule has 1 aliphatic heterocycles. The number of nitrogens with two attached hydrogens (primary N) is 1. The second kappa shape index (κ2) is 11.7. The van der Waals surface area contributed by atoms with Gasteiger partial charge in [-0.3, -0.25) is 9.69 Å². The maximum absolute atomic E-state index is 12.6. The molecule has 0 saturated carbocycles. The number of rotatable bonds is 6. The van der Waals surface area contributed by atoms with Crippen LogP contribution in [0.2, 0.25) is 0 Å². The zero-order chi connectivity index (χ0) is 18.5. The monoisotopic (exact) mass is 444 g/mol. The highest BCUT2D eigenvalue weighted by Gasteiger charge is 2.33. The number of aromatic nitrogens is 1. The van der Waals surface area contributed by atoms with Crippen molar-refractivity contribution in [3.8, 4) is 0 Å². The number of benzene rings is 1. The summed E-state index contributed by atoms with van der Waals surface area (Å²) in [7, 11) is 0. The lowest BCUT2D eigenvalue weighted by Crippen LogP contribution is -2.54. The molecule has 2 unspecified atom stereocenters. The first kappa shape index (κ1) is 24.9. The minimum atomic E-state index is -0.0651. The fourth-order valence-corrected chi connectivity index (χ4v) is 4.61. The third-order valence-corrected chi connectivity index (χ3v) is 5.92. The van der Waals surface area contributed by atoms with E-state index in [1.54, 1.807) is 0 Å². The third kappa shape index (κ3) is 6.42. The minimum absolute atomic E-state index is 0. The Hall–Kier alpha value is -1.18. The van der Waals surface area contributed by atoms with Crippen molar-refractivity contribution in [1.82, 2.24) is 15.2 Å². The van der Waals surface area contributed by atoms with Crippen molar-refractivity contribution in [1.29, 1.82) is 0 Å². The van der Waals surface area contributed by atoms with Gasteiger partial charge in [-0.15, -0.1) is 36.2 Å². The summed E-state index contributed by atoms with van der Waals surface area (Å²) in [5.41, 5.74) is 7.42. The Morgan fingerprint density at radius 1 is 1.21 bits per heavy atom. The lowest BCUT2D eigenvalue weighted by Gasteiger charge is -2.41. The lowest BCUT2D eigenvalue weighted by atomic mass is 9.85. The van der Waals surface area contributed by atoms with E-state index < -0.39 is 0 Å². The molecule has 3 N–H and O–H groups in total. The van der Waals surface area contributed by atoms with Gasteiger partial charge in [-0.25, -0.2) is 4.98 Å². The zero-order valence-corrected chi connectivity index (χ0v) is 18.8. The summed E-state index contributed by atoms with van der Waals surface area (Å²) in [4.78, 5) is 19.5. The first-order valence-corrected chi connectivity index (χ1v) is 10.2. The molecule has 2 atom stereocenters. The summed E-state index contributed by atoms with van der Waals surface area (Å²) < 4.78 is 0. The van der Waals surface area contributed by atoms with Crippen molar-refractivity contribution >= 4 is 42.1 Å². The molecule has 2 aromatic rings. The summed E-state index contributed by atoms with van der Waals surface area (Å²) in [5, 5.41) is 5.98. The minimum Gasteiger partial charge on any atom is -0.347 e. The first-order chi connectivity index (χ1) is 12.6. The van der Waals surface area contributed by atoms with Crippen LogP contribution in [0.4, 0.5) is 0 Å². The Morgan fingerprint density at radius 3 is 2.46 bits per heavy atom. The number of likely N-dealkylation sites (tertiary alicyclic amines) is 1.